The first-order valence-corrected chi connectivity index (χ1v) is 5.90. The molecule has 0 heterocycles. The number of ether oxygens (including phenoxy) is 2. The van der Waals surface area contributed by atoms with Gasteiger partial charge in [0.05, 0.1) is 38.6 Å². The maximum Gasteiger partial charge on any atom is 0.110 e. The van der Waals surface area contributed by atoms with Crippen LogP contribution in [-0.4, -0.2) is 82.5 Å². The highest BCUT2D eigenvalue weighted by Gasteiger charge is 2.25. The maximum atomic E-state index is 9.53. The zero-order valence-corrected chi connectivity index (χ0v) is 10.8. The van der Waals surface area contributed by atoms with Crippen molar-refractivity contribution in [1.82, 2.24) is 0 Å². The molecule has 0 aromatic rings. The summed E-state index contributed by atoms with van der Waals surface area (Å²) in [4.78, 5) is 0. The Morgan fingerprint density at radius 1 is 0.667 bits per heavy atom. The molecular weight excluding hydrogens is 244 g/mol. The van der Waals surface area contributed by atoms with Gasteiger partial charge < -0.3 is 35.0 Å². The Morgan fingerprint density at radius 3 is 1.28 bits per heavy atom. The van der Waals surface area contributed by atoms with Crippen molar-refractivity contribution in [2.24, 2.45) is 0 Å². The molecule has 0 aliphatic heterocycles. The van der Waals surface area contributed by atoms with Crippen molar-refractivity contribution in [3.8, 4) is 0 Å². The van der Waals surface area contributed by atoms with Gasteiger partial charge in [-0.25, -0.2) is 0 Å². The SMILES string of the molecule is CC(O)COCC(O)C(O)C(O)COCC(C)O. The molecule has 18 heavy (non-hydrogen) atoms. The average molecular weight is 268 g/mol. The lowest BCUT2D eigenvalue weighted by atomic mass is 10.1. The largest absolute Gasteiger partial charge is 0.391 e. The van der Waals surface area contributed by atoms with Gasteiger partial charge >= 0.3 is 0 Å². The van der Waals surface area contributed by atoms with Gasteiger partial charge in [0.2, 0.25) is 0 Å². The summed E-state index contributed by atoms with van der Waals surface area (Å²) in [6.07, 6.45) is -5.27. The second kappa shape index (κ2) is 9.62. The van der Waals surface area contributed by atoms with E-state index in [4.69, 9.17) is 19.7 Å². The van der Waals surface area contributed by atoms with Gasteiger partial charge in [-0.3, -0.25) is 0 Å². The molecular formula is C11H24O7. The number of aliphatic hydroxyl groups is 5. The Morgan fingerprint density at radius 2 is 1.00 bits per heavy atom. The molecule has 0 aliphatic carbocycles. The van der Waals surface area contributed by atoms with Gasteiger partial charge in [0.25, 0.3) is 0 Å². The molecule has 7 heteroatoms. The number of rotatable bonds is 10. The van der Waals surface area contributed by atoms with E-state index in [0.29, 0.717) is 0 Å². The fourth-order valence-corrected chi connectivity index (χ4v) is 1.17. The molecule has 4 atom stereocenters. The molecule has 0 amide bonds. The zero-order valence-electron chi connectivity index (χ0n) is 10.8. The summed E-state index contributed by atoms with van der Waals surface area (Å²) in [5, 5.41) is 46.3. The molecule has 0 spiro atoms. The number of hydrogen-bond donors (Lipinski definition) is 5. The Bertz CT molecular complexity index is 178. The number of aliphatic hydroxyl groups excluding tert-OH is 5. The van der Waals surface area contributed by atoms with Gasteiger partial charge in [-0.05, 0) is 13.8 Å². The fourth-order valence-electron chi connectivity index (χ4n) is 1.17. The van der Waals surface area contributed by atoms with Crippen molar-refractivity contribution in [3.05, 3.63) is 0 Å². The minimum Gasteiger partial charge on any atom is -0.391 e. The summed E-state index contributed by atoms with van der Waals surface area (Å²) in [6.45, 7) is 2.75. The van der Waals surface area contributed by atoms with Crippen LogP contribution in [0.5, 0.6) is 0 Å². The van der Waals surface area contributed by atoms with Crippen LogP contribution in [0.3, 0.4) is 0 Å². The highest BCUT2D eigenvalue weighted by Crippen LogP contribution is 2.03. The first kappa shape index (κ1) is 17.7. The van der Waals surface area contributed by atoms with Crippen LogP contribution in [0.15, 0.2) is 0 Å². The molecule has 4 unspecified atom stereocenters. The Labute approximate surface area is 107 Å². The summed E-state index contributed by atoms with van der Waals surface area (Å²) in [5.74, 6) is 0. The summed E-state index contributed by atoms with van der Waals surface area (Å²) >= 11 is 0. The fraction of sp³-hybridized carbons (Fsp3) is 1.00. The highest BCUT2D eigenvalue weighted by atomic mass is 16.5. The average Bonchev–Trinajstić information content (AvgIpc) is 2.26. The van der Waals surface area contributed by atoms with Crippen molar-refractivity contribution in [1.29, 1.82) is 0 Å². The van der Waals surface area contributed by atoms with Crippen LogP contribution >= 0.6 is 0 Å². The van der Waals surface area contributed by atoms with Gasteiger partial charge in [0.1, 0.15) is 18.3 Å². The lowest BCUT2D eigenvalue weighted by Gasteiger charge is -2.23. The smallest absolute Gasteiger partial charge is 0.110 e. The standard InChI is InChI=1S/C11H24O7/c1-7(12)3-17-5-9(14)11(16)10(15)6-18-4-8(2)13/h7-16H,3-6H2,1-2H3. The van der Waals surface area contributed by atoms with Crippen molar-refractivity contribution < 1.29 is 35.0 Å². The minimum atomic E-state index is -1.41. The molecule has 0 aromatic carbocycles. The van der Waals surface area contributed by atoms with Crippen LogP contribution in [0.1, 0.15) is 13.8 Å². The van der Waals surface area contributed by atoms with E-state index in [1.807, 2.05) is 0 Å². The third-order valence-electron chi connectivity index (χ3n) is 2.08. The summed E-state index contributed by atoms with van der Waals surface area (Å²) in [5.41, 5.74) is 0. The predicted octanol–water partition coefficient (Wildman–Crippen LogP) is -2.14. The maximum absolute atomic E-state index is 9.53. The van der Waals surface area contributed by atoms with Gasteiger partial charge in [-0.15, -0.1) is 0 Å². The van der Waals surface area contributed by atoms with E-state index in [1.165, 1.54) is 13.8 Å². The lowest BCUT2D eigenvalue weighted by Crippen LogP contribution is -2.43. The monoisotopic (exact) mass is 268 g/mol. The Kier molecular flexibility index (Phi) is 9.47. The van der Waals surface area contributed by atoms with Crippen molar-refractivity contribution >= 4 is 0 Å². The summed E-state index contributed by atoms with van der Waals surface area (Å²) in [7, 11) is 0. The zero-order chi connectivity index (χ0) is 14.1. The molecule has 0 saturated carbocycles. The molecule has 0 saturated heterocycles. The first-order valence-electron chi connectivity index (χ1n) is 5.90. The second-order valence-electron chi connectivity index (χ2n) is 4.40. The molecule has 0 rings (SSSR count). The Hall–Kier alpha value is -0.280. The van der Waals surface area contributed by atoms with Crippen molar-refractivity contribution in [3.63, 3.8) is 0 Å². The minimum absolute atomic E-state index is 0.0401. The van der Waals surface area contributed by atoms with E-state index in [-0.39, 0.29) is 26.4 Å². The van der Waals surface area contributed by atoms with Crippen LogP contribution in [0.4, 0.5) is 0 Å². The van der Waals surface area contributed by atoms with Crippen LogP contribution in [-0.2, 0) is 9.47 Å². The topological polar surface area (TPSA) is 120 Å². The molecule has 5 N–H and O–H groups in total. The van der Waals surface area contributed by atoms with Gasteiger partial charge in [0, 0.05) is 0 Å². The predicted molar refractivity (Wildman–Crippen MR) is 63.0 cm³/mol. The molecule has 7 nitrogen and oxygen atoms in total. The van der Waals surface area contributed by atoms with E-state index < -0.39 is 30.5 Å². The third kappa shape index (κ3) is 8.76. The van der Waals surface area contributed by atoms with Crippen LogP contribution in [0.2, 0.25) is 0 Å². The molecule has 0 bridgehead atoms. The van der Waals surface area contributed by atoms with E-state index in [2.05, 4.69) is 0 Å². The van der Waals surface area contributed by atoms with Crippen LogP contribution < -0.4 is 0 Å². The van der Waals surface area contributed by atoms with Crippen LogP contribution in [0, 0.1) is 0 Å². The quantitative estimate of drug-likeness (QED) is 0.307. The molecule has 0 fully saturated rings. The van der Waals surface area contributed by atoms with Crippen molar-refractivity contribution in [2.45, 2.75) is 44.4 Å². The molecule has 0 aliphatic rings. The summed E-state index contributed by atoms with van der Waals surface area (Å²) in [6, 6.07) is 0. The normalized spacial score (nSPS) is 20.2. The van der Waals surface area contributed by atoms with Gasteiger partial charge in [0.15, 0.2) is 0 Å². The van der Waals surface area contributed by atoms with E-state index in [0.717, 1.165) is 0 Å². The summed E-state index contributed by atoms with van der Waals surface area (Å²) < 4.78 is 9.84. The second-order valence-corrected chi connectivity index (χ2v) is 4.40. The molecule has 110 valence electrons. The third-order valence-corrected chi connectivity index (χ3v) is 2.08. The molecule has 0 aromatic heterocycles. The van der Waals surface area contributed by atoms with Gasteiger partial charge in [-0.2, -0.15) is 0 Å². The first-order chi connectivity index (χ1) is 8.34. The van der Waals surface area contributed by atoms with Crippen LogP contribution in [0.25, 0.3) is 0 Å². The van der Waals surface area contributed by atoms with E-state index in [9.17, 15) is 15.3 Å². The Balaban J connectivity index is 3.78. The van der Waals surface area contributed by atoms with Gasteiger partial charge in [-0.1, -0.05) is 0 Å². The van der Waals surface area contributed by atoms with E-state index >= 15 is 0 Å². The van der Waals surface area contributed by atoms with Crippen molar-refractivity contribution in [2.75, 3.05) is 26.4 Å². The highest BCUT2D eigenvalue weighted by molar-refractivity contribution is 4.75. The number of hydrogen-bond acceptors (Lipinski definition) is 7. The molecule has 0 radical (unpaired) electrons. The lowest BCUT2D eigenvalue weighted by molar-refractivity contribution is -0.115. The van der Waals surface area contributed by atoms with E-state index in [1.54, 1.807) is 0 Å².